The lowest BCUT2D eigenvalue weighted by Crippen LogP contribution is -2.17. The van der Waals surface area contributed by atoms with Crippen molar-refractivity contribution in [2.75, 3.05) is 0 Å². The lowest BCUT2D eigenvalue weighted by Gasteiger charge is -1.93. The van der Waals surface area contributed by atoms with E-state index >= 15 is 0 Å². The predicted molar refractivity (Wildman–Crippen MR) is 107 cm³/mol. The summed E-state index contributed by atoms with van der Waals surface area (Å²) in [5, 5.41) is 12.3. The molecule has 1 aliphatic heterocycles. The first-order valence-electron chi connectivity index (χ1n) is 7.77. The van der Waals surface area contributed by atoms with Crippen molar-refractivity contribution in [2.24, 2.45) is 0 Å². The summed E-state index contributed by atoms with van der Waals surface area (Å²) in [4.78, 5) is 16.5. The van der Waals surface area contributed by atoms with Gasteiger partial charge in [0.2, 0.25) is 0 Å². The molecule has 27 heavy (non-hydrogen) atoms. The van der Waals surface area contributed by atoms with Gasteiger partial charge in [-0.3, -0.25) is 9.78 Å². The van der Waals surface area contributed by atoms with E-state index in [9.17, 15) is 4.79 Å². The molecule has 7 heteroatoms. The van der Waals surface area contributed by atoms with Crippen molar-refractivity contribution in [2.45, 2.75) is 0 Å². The van der Waals surface area contributed by atoms with Crippen LogP contribution in [-0.4, -0.2) is 15.2 Å². The lowest BCUT2D eigenvalue weighted by atomic mass is 10.1. The first kappa shape index (κ1) is 17.0. The fraction of sp³-hybridized carbons (Fsp3) is 0. The zero-order chi connectivity index (χ0) is 18.8. The molecule has 0 saturated carbocycles. The molecule has 0 atom stereocenters. The van der Waals surface area contributed by atoms with E-state index in [4.69, 9.17) is 21.9 Å². The Morgan fingerprint density at radius 1 is 1.22 bits per heavy atom. The number of thiocarbonyl (C=S) groups is 1. The molecule has 0 bridgehead atoms. The zero-order valence-electron chi connectivity index (χ0n) is 13.6. The van der Waals surface area contributed by atoms with Gasteiger partial charge >= 0.3 is 0 Å². The van der Waals surface area contributed by atoms with Crippen LogP contribution in [-0.2, 0) is 4.79 Å². The highest BCUT2D eigenvalue weighted by atomic mass is 32.2. The van der Waals surface area contributed by atoms with E-state index in [0.717, 1.165) is 10.9 Å². The largest absolute Gasteiger partial charge is 0.455 e. The normalized spacial score (nSPS) is 14.7. The number of fused-ring (bicyclic) bond motifs is 1. The molecule has 3 heterocycles. The van der Waals surface area contributed by atoms with Crippen LogP contribution in [0.25, 0.3) is 17.0 Å². The molecule has 0 spiro atoms. The average Bonchev–Trinajstić information content (AvgIpc) is 3.22. The van der Waals surface area contributed by atoms with Gasteiger partial charge in [0.15, 0.2) is 5.58 Å². The number of carbonyl (C=O) groups excluding carboxylic acids is 1. The molecular weight excluding hydrogens is 378 g/mol. The predicted octanol–water partition coefficient (Wildman–Crippen LogP) is 3.59. The van der Waals surface area contributed by atoms with Crippen LogP contribution in [0.5, 0.6) is 0 Å². The molecule has 1 fully saturated rings. The maximum atomic E-state index is 11.8. The standard InChI is InChI=1S/C20H9N3O2S2/c21-9-13-3-1-2-12(6-13)4-5-14-10-22-11-15-7-16(25-18(14)15)8-17-19(24)23-20(26)27-17/h1-3,6-8,10-11H,(H,23,24,26)/b17-8-. The minimum absolute atomic E-state index is 0.235. The smallest absolute Gasteiger partial charge is 0.263 e. The number of nitrogens with one attached hydrogen (secondary N) is 1. The number of carbonyl (C=O) groups is 1. The van der Waals surface area contributed by atoms with Crippen molar-refractivity contribution >= 4 is 51.3 Å². The highest BCUT2D eigenvalue weighted by molar-refractivity contribution is 8.26. The Morgan fingerprint density at radius 3 is 2.85 bits per heavy atom. The number of aromatic nitrogens is 1. The molecule has 1 aliphatic rings. The summed E-state index contributed by atoms with van der Waals surface area (Å²) in [5.74, 6) is 6.35. The molecular formula is C20H9N3O2S2. The van der Waals surface area contributed by atoms with Gasteiger partial charge in [-0.25, -0.2) is 0 Å². The number of amides is 1. The second-order valence-electron chi connectivity index (χ2n) is 5.55. The summed E-state index contributed by atoms with van der Waals surface area (Å²) in [6.45, 7) is 0. The number of rotatable bonds is 1. The summed E-state index contributed by atoms with van der Waals surface area (Å²) >= 11 is 6.18. The van der Waals surface area contributed by atoms with Gasteiger partial charge in [0.1, 0.15) is 10.1 Å². The Labute approximate surface area is 164 Å². The zero-order valence-corrected chi connectivity index (χ0v) is 15.3. The van der Waals surface area contributed by atoms with E-state index < -0.39 is 0 Å². The molecule has 1 saturated heterocycles. The third kappa shape index (κ3) is 3.61. The molecule has 3 aromatic rings. The maximum absolute atomic E-state index is 11.8. The monoisotopic (exact) mass is 387 g/mol. The highest BCUT2D eigenvalue weighted by Gasteiger charge is 2.22. The van der Waals surface area contributed by atoms with Gasteiger partial charge in [-0.05, 0) is 24.3 Å². The minimum atomic E-state index is -0.235. The molecule has 2 aromatic heterocycles. The Morgan fingerprint density at radius 2 is 2.07 bits per heavy atom. The number of benzene rings is 1. The van der Waals surface area contributed by atoms with Crippen molar-refractivity contribution < 1.29 is 9.21 Å². The summed E-state index contributed by atoms with van der Waals surface area (Å²) in [5.41, 5.74) is 2.49. The second-order valence-corrected chi connectivity index (χ2v) is 7.27. The Balaban J connectivity index is 1.71. The Bertz CT molecular complexity index is 1240. The number of pyridine rings is 1. The van der Waals surface area contributed by atoms with Gasteiger partial charge in [0, 0.05) is 29.4 Å². The molecule has 1 amide bonds. The van der Waals surface area contributed by atoms with Crippen molar-refractivity contribution in [3.63, 3.8) is 0 Å². The number of hydrogen-bond donors (Lipinski definition) is 1. The van der Waals surface area contributed by atoms with Crippen LogP contribution in [0.3, 0.4) is 0 Å². The first-order chi connectivity index (χ1) is 13.1. The van der Waals surface area contributed by atoms with Gasteiger partial charge in [0.05, 0.1) is 22.1 Å². The quantitative estimate of drug-likeness (QED) is 0.391. The maximum Gasteiger partial charge on any atom is 0.263 e. The average molecular weight is 387 g/mol. The minimum Gasteiger partial charge on any atom is -0.455 e. The summed E-state index contributed by atoms with van der Waals surface area (Å²) in [7, 11) is 0. The van der Waals surface area contributed by atoms with Gasteiger partial charge in [-0.2, -0.15) is 5.26 Å². The van der Waals surface area contributed by atoms with E-state index in [1.165, 1.54) is 11.8 Å². The molecule has 1 N–H and O–H groups in total. The SMILES string of the molecule is N#Cc1cccc(C#Cc2cncc3cc(/C=C4\SC(=S)NC4=O)oc23)c1. The number of hydrogen-bond acceptors (Lipinski definition) is 6. The fourth-order valence-electron chi connectivity index (χ4n) is 2.50. The molecule has 1 aromatic carbocycles. The van der Waals surface area contributed by atoms with E-state index in [2.05, 4.69) is 28.2 Å². The molecule has 128 valence electrons. The van der Waals surface area contributed by atoms with Crippen molar-refractivity contribution in [1.29, 1.82) is 5.26 Å². The molecule has 0 radical (unpaired) electrons. The van der Waals surface area contributed by atoms with E-state index in [1.54, 1.807) is 42.7 Å². The third-order valence-electron chi connectivity index (χ3n) is 3.69. The Kier molecular flexibility index (Phi) is 4.47. The number of nitrogens with zero attached hydrogens (tertiary/aromatic N) is 2. The van der Waals surface area contributed by atoms with Crippen molar-refractivity contribution in [3.05, 3.63) is 70.1 Å². The summed E-state index contributed by atoms with van der Waals surface area (Å²) < 4.78 is 6.30. The fourth-order valence-corrected chi connectivity index (χ4v) is 3.52. The molecule has 0 unspecified atom stereocenters. The summed E-state index contributed by atoms with van der Waals surface area (Å²) in [6, 6.07) is 10.9. The van der Waals surface area contributed by atoms with Gasteiger partial charge in [-0.15, -0.1) is 0 Å². The number of thioether (sulfide) groups is 1. The first-order valence-corrected chi connectivity index (χ1v) is 8.99. The molecule has 0 aliphatic carbocycles. The van der Waals surface area contributed by atoms with Gasteiger partial charge < -0.3 is 9.73 Å². The van der Waals surface area contributed by atoms with Crippen molar-refractivity contribution in [3.8, 4) is 17.9 Å². The Hall–Kier alpha value is -3.39. The third-order valence-corrected chi connectivity index (χ3v) is 4.85. The van der Waals surface area contributed by atoms with Gasteiger partial charge in [0.25, 0.3) is 5.91 Å². The lowest BCUT2D eigenvalue weighted by molar-refractivity contribution is -0.115. The molecule has 5 nitrogen and oxygen atoms in total. The van der Waals surface area contributed by atoms with Crippen LogP contribution in [0.4, 0.5) is 0 Å². The van der Waals surface area contributed by atoms with Crippen LogP contribution in [0, 0.1) is 23.2 Å². The van der Waals surface area contributed by atoms with Crippen LogP contribution < -0.4 is 5.32 Å². The van der Waals surface area contributed by atoms with Crippen LogP contribution in [0.2, 0.25) is 0 Å². The second kappa shape index (κ2) is 7.08. The topological polar surface area (TPSA) is 78.9 Å². The van der Waals surface area contributed by atoms with E-state index in [1.807, 2.05) is 6.07 Å². The van der Waals surface area contributed by atoms with Crippen LogP contribution >= 0.6 is 24.0 Å². The molecule has 4 rings (SSSR count). The van der Waals surface area contributed by atoms with Crippen LogP contribution in [0.1, 0.15) is 22.5 Å². The van der Waals surface area contributed by atoms with E-state index in [0.29, 0.717) is 31.7 Å². The highest BCUT2D eigenvalue weighted by Crippen LogP contribution is 2.29. The summed E-state index contributed by atoms with van der Waals surface area (Å²) in [6.07, 6.45) is 4.94. The van der Waals surface area contributed by atoms with E-state index in [-0.39, 0.29) is 5.91 Å². The van der Waals surface area contributed by atoms with Crippen LogP contribution in [0.15, 0.2) is 52.0 Å². The number of nitriles is 1. The van der Waals surface area contributed by atoms with Crippen molar-refractivity contribution in [1.82, 2.24) is 10.3 Å². The number of furan rings is 1. The van der Waals surface area contributed by atoms with Gasteiger partial charge in [-0.1, -0.05) is 41.9 Å².